The molecule has 1 heterocycles. The van der Waals surface area contributed by atoms with Crippen molar-refractivity contribution < 1.29 is 13.2 Å². The second-order valence-corrected chi connectivity index (χ2v) is 7.59. The van der Waals surface area contributed by atoms with Gasteiger partial charge in [-0.3, -0.25) is 0 Å². The number of sulfone groups is 1. The maximum absolute atomic E-state index is 12.2. The van der Waals surface area contributed by atoms with Crippen molar-refractivity contribution in [1.29, 1.82) is 0 Å². The van der Waals surface area contributed by atoms with E-state index < -0.39 is 9.84 Å². The number of ether oxygens (including phenoxy) is 1. The van der Waals surface area contributed by atoms with Crippen molar-refractivity contribution in [2.75, 3.05) is 57.2 Å². The highest BCUT2D eigenvalue weighted by atomic mass is 32.2. The number of hydrogen-bond acceptors (Lipinski definition) is 8. The molecular weight excluding hydrogens is 312 g/mol. The summed E-state index contributed by atoms with van der Waals surface area (Å²) in [6.07, 6.45) is 0.552. The molecule has 0 amide bonds. The molecule has 0 fully saturated rings. The van der Waals surface area contributed by atoms with Gasteiger partial charge in [-0.05, 0) is 25.0 Å². The number of methoxy groups -OCH3 is 1. The summed E-state index contributed by atoms with van der Waals surface area (Å²) in [6, 6.07) is 0. The Morgan fingerprint density at radius 3 is 2.76 bits per heavy atom. The molecule has 0 aliphatic rings. The molecule has 0 bridgehead atoms. The van der Waals surface area contributed by atoms with Crippen LogP contribution in [0.2, 0.25) is 0 Å². The predicted octanol–water partition coefficient (Wildman–Crippen LogP) is 0.899. The largest absolute Gasteiger partial charge is 0.383 e. The van der Waals surface area contributed by atoms with Gasteiger partial charge in [0.05, 0.1) is 12.4 Å². The quantitative estimate of drug-likeness (QED) is 0.655. The summed E-state index contributed by atoms with van der Waals surface area (Å²) >= 11 is 1.09. The minimum Gasteiger partial charge on any atom is -0.383 e. The number of aromatic nitrogens is 1. The van der Waals surface area contributed by atoms with Crippen molar-refractivity contribution in [2.45, 2.75) is 18.2 Å². The summed E-state index contributed by atoms with van der Waals surface area (Å²) in [6.45, 7) is 4.71. The van der Waals surface area contributed by atoms with E-state index in [0.29, 0.717) is 24.6 Å². The lowest BCUT2D eigenvalue weighted by molar-refractivity contribution is 0.163. The first kappa shape index (κ1) is 18.1. The molecular formula is C12H24N4O3S2. The Bertz CT molecular complexity index is 531. The summed E-state index contributed by atoms with van der Waals surface area (Å²) < 4.78 is 33.3. The van der Waals surface area contributed by atoms with E-state index in [-0.39, 0.29) is 16.5 Å². The molecule has 1 rings (SSSR count). The Morgan fingerprint density at radius 1 is 1.43 bits per heavy atom. The van der Waals surface area contributed by atoms with Gasteiger partial charge in [-0.15, -0.1) is 0 Å². The fourth-order valence-corrected chi connectivity index (χ4v) is 4.44. The van der Waals surface area contributed by atoms with Gasteiger partial charge in [-0.2, -0.15) is 4.37 Å². The first-order valence-electron chi connectivity index (χ1n) is 6.81. The fourth-order valence-electron chi connectivity index (χ4n) is 1.80. The molecule has 0 aliphatic heterocycles. The third-order valence-electron chi connectivity index (χ3n) is 2.91. The van der Waals surface area contributed by atoms with Crippen molar-refractivity contribution >= 4 is 32.2 Å². The molecule has 1 aromatic heterocycles. The Morgan fingerprint density at radius 2 is 2.14 bits per heavy atom. The number of hydrogen-bond donors (Lipinski definition) is 2. The smallest absolute Gasteiger partial charge is 0.185 e. The van der Waals surface area contributed by atoms with Gasteiger partial charge in [0.25, 0.3) is 0 Å². The second kappa shape index (κ2) is 8.52. The number of nitrogens with zero attached hydrogens (tertiary/aromatic N) is 2. The molecule has 1 aromatic rings. The van der Waals surface area contributed by atoms with Crippen LogP contribution in [-0.2, 0) is 14.6 Å². The lowest BCUT2D eigenvalue weighted by Gasteiger charge is -2.16. The van der Waals surface area contributed by atoms with Gasteiger partial charge in [0, 0.05) is 26.7 Å². The van der Waals surface area contributed by atoms with Crippen LogP contribution < -0.4 is 11.1 Å². The molecule has 0 spiro atoms. The number of rotatable bonds is 10. The number of nitrogens with one attached hydrogen (secondary N) is 1. The van der Waals surface area contributed by atoms with E-state index in [1.807, 2.05) is 14.0 Å². The first-order chi connectivity index (χ1) is 9.92. The number of nitrogen functional groups attached to an aromatic ring is 1. The molecule has 0 saturated carbocycles. The van der Waals surface area contributed by atoms with Crippen molar-refractivity contribution in [3.63, 3.8) is 0 Å². The molecule has 122 valence electrons. The second-order valence-electron chi connectivity index (χ2n) is 4.77. The molecule has 0 saturated heterocycles. The minimum absolute atomic E-state index is 0.0814. The molecule has 21 heavy (non-hydrogen) atoms. The highest BCUT2D eigenvalue weighted by molar-refractivity contribution is 7.91. The van der Waals surface area contributed by atoms with E-state index in [4.69, 9.17) is 10.5 Å². The van der Waals surface area contributed by atoms with Crippen molar-refractivity contribution in [3.05, 3.63) is 0 Å². The molecule has 0 unspecified atom stereocenters. The SMILES string of the molecule is CCCS(=O)(=O)c1c(N)nsc1NCCN(C)CCOC. The van der Waals surface area contributed by atoms with Gasteiger partial charge in [-0.1, -0.05) is 6.92 Å². The van der Waals surface area contributed by atoms with Crippen LogP contribution in [0.4, 0.5) is 10.8 Å². The highest BCUT2D eigenvalue weighted by Gasteiger charge is 2.24. The average molecular weight is 336 g/mol. The van der Waals surface area contributed by atoms with Crippen LogP contribution in [0.1, 0.15) is 13.3 Å². The maximum Gasteiger partial charge on any atom is 0.185 e. The van der Waals surface area contributed by atoms with E-state index in [1.165, 1.54) is 0 Å². The Hall–Kier alpha value is -0.900. The van der Waals surface area contributed by atoms with Gasteiger partial charge in [0.1, 0.15) is 9.90 Å². The standard InChI is InChI=1S/C12H24N4O3S2/c1-4-9-21(17,18)10-11(13)15-20-12(10)14-5-6-16(2)7-8-19-3/h14H,4-9H2,1-3H3,(H2,13,15). The van der Waals surface area contributed by atoms with Crippen LogP contribution in [0.5, 0.6) is 0 Å². The molecule has 0 aromatic carbocycles. The van der Waals surface area contributed by atoms with Gasteiger partial charge in [0.15, 0.2) is 15.7 Å². The molecule has 0 atom stereocenters. The Labute approximate surface area is 130 Å². The van der Waals surface area contributed by atoms with E-state index in [2.05, 4.69) is 14.6 Å². The van der Waals surface area contributed by atoms with Gasteiger partial charge in [0.2, 0.25) is 0 Å². The monoisotopic (exact) mass is 336 g/mol. The maximum atomic E-state index is 12.2. The van der Waals surface area contributed by atoms with Crippen LogP contribution in [0.25, 0.3) is 0 Å². The summed E-state index contributed by atoms with van der Waals surface area (Å²) in [4.78, 5) is 2.25. The number of anilines is 2. The topological polar surface area (TPSA) is 97.5 Å². The van der Waals surface area contributed by atoms with Gasteiger partial charge in [-0.25, -0.2) is 8.42 Å². The van der Waals surface area contributed by atoms with E-state index in [1.54, 1.807) is 7.11 Å². The van der Waals surface area contributed by atoms with E-state index >= 15 is 0 Å². The Balaban J connectivity index is 2.65. The third kappa shape index (κ3) is 5.42. The normalized spacial score (nSPS) is 12.0. The van der Waals surface area contributed by atoms with Gasteiger partial charge < -0.3 is 20.7 Å². The molecule has 9 heteroatoms. The molecule has 3 N–H and O–H groups in total. The van der Waals surface area contributed by atoms with E-state index in [9.17, 15) is 8.42 Å². The van der Waals surface area contributed by atoms with Crippen LogP contribution in [-0.4, -0.2) is 63.8 Å². The third-order valence-corrected chi connectivity index (χ3v) is 5.84. The van der Waals surface area contributed by atoms with E-state index in [0.717, 1.165) is 24.6 Å². The lowest BCUT2D eigenvalue weighted by atomic mass is 10.5. The average Bonchev–Trinajstić information content (AvgIpc) is 2.78. The van der Waals surface area contributed by atoms with Crippen molar-refractivity contribution in [2.24, 2.45) is 0 Å². The first-order valence-corrected chi connectivity index (χ1v) is 9.24. The van der Waals surface area contributed by atoms with Crippen LogP contribution in [0, 0.1) is 0 Å². The van der Waals surface area contributed by atoms with Crippen LogP contribution >= 0.6 is 11.5 Å². The summed E-state index contributed by atoms with van der Waals surface area (Å²) in [5.74, 6) is 0.168. The van der Waals surface area contributed by atoms with Crippen LogP contribution in [0.15, 0.2) is 4.90 Å². The summed E-state index contributed by atoms with van der Waals surface area (Å²) in [7, 11) is 0.280. The summed E-state index contributed by atoms with van der Waals surface area (Å²) in [5.41, 5.74) is 5.71. The molecule has 0 aliphatic carbocycles. The lowest BCUT2D eigenvalue weighted by Crippen LogP contribution is -2.28. The zero-order valence-electron chi connectivity index (χ0n) is 12.8. The molecule has 0 radical (unpaired) electrons. The number of likely N-dealkylation sites (N-methyl/N-ethyl adjacent to an activating group) is 1. The number of nitrogens with two attached hydrogens (primary N) is 1. The zero-order chi connectivity index (χ0) is 15.9. The van der Waals surface area contributed by atoms with Gasteiger partial charge >= 0.3 is 0 Å². The van der Waals surface area contributed by atoms with Crippen molar-refractivity contribution in [3.8, 4) is 0 Å². The minimum atomic E-state index is -3.37. The predicted molar refractivity (Wildman–Crippen MR) is 86.7 cm³/mol. The zero-order valence-corrected chi connectivity index (χ0v) is 14.4. The fraction of sp³-hybridized carbons (Fsp3) is 0.750. The highest BCUT2D eigenvalue weighted by Crippen LogP contribution is 2.32. The summed E-state index contributed by atoms with van der Waals surface area (Å²) in [5, 5.41) is 3.65. The molecule has 7 nitrogen and oxygen atoms in total. The van der Waals surface area contributed by atoms with Crippen molar-refractivity contribution in [1.82, 2.24) is 9.27 Å². The Kier molecular flexibility index (Phi) is 7.36. The van der Waals surface area contributed by atoms with Crippen LogP contribution in [0.3, 0.4) is 0 Å².